The number of halogens is 2. The first kappa shape index (κ1) is 24.0. The van der Waals surface area contributed by atoms with Crippen LogP contribution in [0.4, 0.5) is 10.1 Å². The number of likely N-dealkylation sites (tertiary alicyclic amines) is 1. The Hall–Kier alpha value is -2.16. The molecule has 0 spiro atoms. The minimum atomic E-state index is -3.86. The minimum Gasteiger partial charge on any atom is -0.369 e. The van der Waals surface area contributed by atoms with E-state index < -0.39 is 10.0 Å². The zero-order valence-electron chi connectivity index (χ0n) is 18.7. The smallest absolute Gasteiger partial charge is 0.253 e. The van der Waals surface area contributed by atoms with Gasteiger partial charge in [0.05, 0.1) is 5.02 Å². The van der Waals surface area contributed by atoms with Crippen LogP contribution in [0, 0.1) is 11.7 Å². The highest BCUT2D eigenvalue weighted by Gasteiger charge is 2.31. The molecule has 1 unspecified atom stereocenters. The maximum Gasteiger partial charge on any atom is 0.253 e. The highest BCUT2D eigenvalue weighted by atomic mass is 35.5. The third-order valence-corrected chi connectivity index (χ3v) is 8.91. The Bertz CT molecular complexity index is 1100. The number of hydrogen-bond donors (Lipinski definition) is 0. The Kier molecular flexibility index (Phi) is 7.26. The lowest BCUT2D eigenvalue weighted by atomic mass is 10.0. The second-order valence-electron chi connectivity index (χ2n) is 8.84. The van der Waals surface area contributed by atoms with Crippen molar-refractivity contribution in [3.63, 3.8) is 0 Å². The number of anilines is 1. The van der Waals surface area contributed by atoms with Crippen LogP contribution in [0.5, 0.6) is 0 Å². The number of carbonyl (C=O) groups excluding carboxylic acids is 1. The molecule has 0 bridgehead atoms. The van der Waals surface area contributed by atoms with Crippen LogP contribution in [-0.2, 0) is 10.0 Å². The molecular formula is C24H29ClFN3O3S. The lowest BCUT2D eigenvalue weighted by Crippen LogP contribution is -2.48. The van der Waals surface area contributed by atoms with Gasteiger partial charge in [0, 0.05) is 50.5 Å². The fourth-order valence-corrected chi connectivity index (χ4v) is 6.38. The van der Waals surface area contributed by atoms with Crippen molar-refractivity contribution >= 4 is 33.2 Å². The molecule has 2 heterocycles. The van der Waals surface area contributed by atoms with Gasteiger partial charge in [0.15, 0.2) is 0 Å². The van der Waals surface area contributed by atoms with Crippen LogP contribution in [-0.4, -0.2) is 62.8 Å². The predicted octanol–water partition coefficient (Wildman–Crippen LogP) is 4.25. The Labute approximate surface area is 200 Å². The quantitative estimate of drug-likeness (QED) is 0.638. The van der Waals surface area contributed by atoms with Crippen LogP contribution in [0.1, 0.15) is 36.5 Å². The molecule has 2 fully saturated rings. The average Bonchev–Trinajstić information content (AvgIpc) is 3.04. The zero-order valence-corrected chi connectivity index (χ0v) is 20.3. The van der Waals surface area contributed by atoms with Gasteiger partial charge in [0.25, 0.3) is 5.91 Å². The Morgan fingerprint density at radius 1 is 0.970 bits per heavy atom. The molecule has 0 saturated carbocycles. The highest BCUT2D eigenvalue weighted by Crippen LogP contribution is 2.28. The number of nitrogens with zero attached hydrogens (tertiary/aromatic N) is 3. The predicted molar refractivity (Wildman–Crippen MR) is 128 cm³/mol. The summed E-state index contributed by atoms with van der Waals surface area (Å²) in [6.45, 7) is 5.06. The zero-order chi connectivity index (χ0) is 23.6. The van der Waals surface area contributed by atoms with Crippen LogP contribution in [0.15, 0.2) is 47.4 Å². The second kappa shape index (κ2) is 9.99. The summed E-state index contributed by atoms with van der Waals surface area (Å²) in [6, 6.07) is 10.7. The van der Waals surface area contributed by atoms with Gasteiger partial charge in [-0.15, -0.1) is 0 Å². The fourth-order valence-electron chi connectivity index (χ4n) is 4.46. The summed E-state index contributed by atoms with van der Waals surface area (Å²) in [6.07, 6.45) is 2.99. The van der Waals surface area contributed by atoms with E-state index in [2.05, 4.69) is 6.92 Å². The van der Waals surface area contributed by atoms with E-state index in [0.29, 0.717) is 37.7 Å². The molecule has 0 N–H and O–H groups in total. The van der Waals surface area contributed by atoms with Crippen molar-refractivity contribution in [1.29, 1.82) is 0 Å². The first-order chi connectivity index (χ1) is 15.8. The van der Waals surface area contributed by atoms with Crippen molar-refractivity contribution in [1.82, 2.24) is 9.21 Å². The van der Waals surface area contributed by atoms with Gasteiger partial charge in [-0.2, -0.15) is 4.31 Å². The number of sulfonamides is 1. The van der Waals surface area contributed by atoms with Crippen molar-refractivity contribution in [2.75, 3.05) is 44.2 Å². The topological polar surface area (TPSA) is 60.9 Å². The number of carbonyl (C=O) groups is 1. The summed E-state index contributed by atoms with van der Waals surface area (Å²) < 4.78 is 41.4. The molecule has 2 aromatic rings. The van der Waals surface area contributed by atoms with Crippen LogP contribution < -0.4 is 4.90 Å². The summed E-state index contributed by atoms with van der Waals surface area (Å²) in [5.74, 6) is 0.120. The van der Waals surface area contributed by atoms with Crippen molar-refractivity contribution in [3.05, 3.63) is 58.9 Å². The lowest BCUT2D eigenvalue weighted by molar-refractivity contribution is 0.0760. The van der Waals surface area contributed by atoms with Gasteiger partial charge in [-0.25, -0.2) is 12.8 Å². The molecule has 4 rings (SSSR count). The van der Waals surface area contributed by atoms with Gasteiger partial charge in [-0.3, -0.25) is 4.79 Å². The third-order valence-electron chi connectivity index (χ3n) is 6.53. The van der Waals surface area contributed by atoms with E-state index >= 15 is 0 Å². The number of rotatable bonds is 4. The van der Waals surface area contributed by atoms with Crippen molar-refractivity contribution in [2.24, 2.45) is 5.92 Å². The number of amides is 1. The van der Waals surface area contributed by atoms with Gasteiger partial charge in [0.1, 0.15) is 10.7 Å². The standard InChI is InChI=1S/C24H29ClFN3O3S/c1-18-3-2-11-28(12-10-18)24(30)19-4-9-22(25)23(17-19)33(31,32)29-15-13-27(14-16-29)21-7-5-20(26)6-8-21/h4-9,17-18H,2-3,10-16H2,1H3. The largest absolute Gasteiger partial charge is 0.369 e. The minimum absolute atomic E-state index is 0.0339. The van der Waals surface area contributed by atoms with Crippen molar-refractivity contribution < 1.29 is 17.6 Å². The average molecular weight is 494 g/mol. The second-order valence-corrected chi connectivity index (χ2v) is 11.2. The van der Waals surface area contributed by atoms with Crippen LogP contribution in [0.2, 0.25) is 5.02 Å². The monoisotopic (exact) mass is 493 g/mol. The number of benzene rings is 2. The fraction of sp³-hybridized carbons (Fsp3) is 0.458. The first-order valence-corrected chi connectivity index (χ1v) is 13.2. The summed E-state index contributed by atoms with van der Waals surface area (Å²) in [4.78, 5) is 16.9. The summed E-state index contributed by atoms with van der Waals surface area (Å²) >= 11 is 6.30. The Morgan fingerprint density at radius 2 is 1.67 bits per heavy atom. The van der Waals surface area contributed by atoms with Crippen LogP contribution in [0.25, 0.3) is 0 Å². The molecule has 0 radical (unpaired) electrons. The molecule has 2 aliphatic heterocycles. The summed E-state index contributed by atoms with van der Waals surface area (Å²) in [7, 11) is -3.86. The third kappa shape index (κ3) is 5.34. The van der Waals surface area contributed by atoms with Crippen molar-refractivity contribution in [3.8, 4) is 0 Å². The molecule has 2 aliphatic rings. The first-order valence-electron chi connectivity index (χ1n) is 11.3. The number of piperazine rings is 1. The van der Waals surface area contributed by atoms with Gasteiger partial charge < -0.3 is 9.80 Å². The van der Waals surface area contributed by atoms with E-state index in [1.54, 1.807) is 18.2 Å². The lowest BCUT2D eigenvalue weighted by Gasteiger charge is -2.35. The van der Waals surface area contributed by atoms with E-state index in [9.17, 15) is 17.6 Å². The Morgan fingerprint density at radius 3 is 2.36 bits per heavy atom. The highest BCUT2D eigenvalue weighted by molar-refractivity contribution is 7.89. The molecule has 178 valence electrons. The molecule has 9 heteroatoms. The molecular weight excluding hydrogens is 465 g/mol. The van der Waals surface area contributed by atoms with Gasteiger partial charge >= 0.3 is 0 Å². The molecule has 6 nitrogen and oxygen atoms in total. The number of hydrogen-bond acceptors (Lipinski definition) is 4. The van der Waals surface area contributed by atoms with Gasteiger partial charge in [-0.1, -0.05) is 18.5 Å². The SMILES string of the molecule is CC1CCCN(C(=O)c2ccc(Cl)c(S(=O)(=O)N3CCN(c4ccc(F)cc4)CC3)c2)CC1. The van der Waals surface area contributed by atoms with E-state index in [-0.39, 0.29) is 34.7 Å². The maximum atomic E-state index is 13.4. The van der Waals surface area contributed by atoms with Gasteiger partial charge in [-0.05, 0) is 67.6 Å². The molecule has 33 heavy (non-hydrogen) atoms. The van der Waals surface area contributed by atoms with E-state index in [1.807, 2.05) is 9.80 Å². The molecule has 2 aromatic carbocycles. The Balaban J connectivity index is 1.49. The normalized spacial score (nSPS) is 20.5. The van der Waals surface area contributed by atoms with E-state index in [1.165, 1.54) is 28.6 Å². The molecule has 0 aromatic heterocycles. The molecule has 0 aliphatic carbocycles. The van der Waals surface area contributed by atoms with E-state index in [0.717, 1.165) is 24.9 Å². The molecule has 1 atom stereocenters. The molecule has 2 saturated heterocycles. The van der Waals surface area contributed by atoms with Gasteiger partial charge in [0.2, 0.25) is 10.0 Å². The summed E-state index contributed by atoms with van der Waals surface area (Å²) in [5.41, 5.74) is 1.20. The summed E-state index contributed by atoms with van der Waals surface area (Å²) in [5, 5.41) is 0.108. The maximum absolute atomic E-state index is 13.4. The van der Waals surface area contributed by atoms with Crippen LogP contribution >= 0.6 is 11.6 Å². The van der Waals surface area contributed by atoms with Crippen LogP contribution in [0.3, 0.4) is 0 Å². The molecule has 1 amide bonds. The van der Waals surface area contributed by atoms with Crippen molar-refractivity contribution in [2.45, 2.75) is 31.1 Å². The van der Waals surface area contributed by atoms with E-state index in [4.69, 9.17) is 11.6 Å².